The lowest BCUT2D eigenvalue weighted by atomic mass is 10.1. The van der Waals surface area contributed by atoms with Crippen LogP contribution in [0.4, 0.5) is 29.7 Å². The number of hydrogen-bond acceptors (Lipinski definition) is 8. The number of benzene rings is 4. The Morgan fingerprint density at radius 3 is 1.34 bits per heavy atom. The summed E-state index contributed by atoms with van der Waals surface area (Å²) in [5.74, 6) is -0.673. The number of piperidine rings is 2. The van der Waals surface area contributed by atoms with Crippen molar-refractivity contribution in [1.82, 2.24) is 9.80 Å². The first kappa shape index (κ1) is 43.1. The maximum atomic E-state index is 14.7. The second-order valence-electron chi connectivity index (χ2n) is 14.0. The molecule has 58 heavy (non-hydrogen) atoms. The summed E-state index contributed by atoms with van der Waals surface area (Å²) in [7, 11) is 4.39. The molecule has 14 heteroatoms. The van der Waals surface area contributed by atoms with Crippen molar-refractivity contribution in [3.63, 3.8) is 0 Å². The third-order valence-electron chi connectivity index (χ3n) is 10.2. The van der Waals surface area contributed by atoms with E-state index in [2.05, 4.69) is 4.74 Å². The zero-order valence-electron chi connectivity index (χ0n) is 33.3. The summed E-state index contributed by atoms with van der Waals surface area (Å²) in [6.07, 6.45) is 6.07. The number of carbonyl (C=O) groups excluding carboxylic acids is 4. The van der Waals surface area contributed by atoms with Crippen molar-refractivity contribution in [3.8, 4) is 11.5 Å². The molecule has 12 nitrogen and oxygen atoms in total. The number of nitrogens with zero attached hydrogens (tertiary/aromatic N) is 4. The van der Waals surface area contributed by atoms with Crippen LogP contribution in [-0.2, 0) is 17.8 Å². The van der Waals surface area contributed by atoms with Crippen molar-refractivity contribution in [2.75, 3.05) is 63.9 Å². The van der Waals surface area contributed by atoms with E-state index in [1.165, 1.54) is 31.4 Å². The second-order valence-corrected chi connectivity index (χ2v) is 14.0. The van der Waals surface area contributed by atoms with E-state index in [0.717, 1.165) is 44.6 Å². The smallest absolute Gasteiger partial charge is 0.337 e. The second kappa shape index (κ2) is 20.9. The van der Waals surface area contributed by atoms with Crippen LogP contribution < -0.4 is 25.0 Å². The summed E-state index contributed by atoms with van der Waals surface area (Å²) in [5.41, 5.74) is 7.67. The molecule has 4 amide bonds. The highest BCUT2D eigenvalue weighted by Crippen LogP contribution is 2.27. The SMILES string of the molecule is COC(=O)c1ccc(CN(C(=O)N2CCCCC2)c2ccc(OC)cc2)c(F)c1.COc1ccc(N(Cc2ccc(C(=O)CN)cc2F)C(=O)N2CCCCC2)cc1. The Morgan fingerprint density at radius 1 is 0.586 bits per heavy atom. The maximum Gasteiger partial charge on any atom is 0.337 e. The Morgan fingerprint density at radius 2 is 0.983 bits per heavy atom. The zero-order valence-corrected chi connectivity index (χ0v) is 33.3. The number of carbonyl (C=O) groups is 4. The predicted octanol–water partition coefficient (Wildman–Crippen LogP) is 7.82. The molecule has 0 aliphatic carbocycles. The molecule has 0 radical (unpaired) electrons. The molecular weight excluding hydrogens is 749 g/mol. The van der Waals surface area contributed by atoms with Crippen molar-refractivity contribution in [3.05, 3.63) is 119 Å². The van der Waals surface area contributed by atoms with Gasteiger partial charge in [0.2, 0.25) is 0 Å². The molecule has 2 saturated heterocycles. The first-order chi connectivity index (χ1) is 28.1. The van der Waals surface area contributed by atoms with Crippen LogP contribution in [0.2, 0.25) is 0 Å². The molecule has 2 aliphatic heterocycles. The minimum Gasteiger partial charge on any atom is -0.497 e. The Balaban J connectivity index is 0.000000221. The van der Waals surface area contributed by atoms with Gasteiger partial charge in [-0.1, -0.05) is 18.2 Å². The van der Waals surface area contributed by atoms with Gasteiger partial charge >= 0.3 is 18.0 Å². The number of anilines is 2. The molecule has 0 spiro atoms. The predicted molar refractivity (Wildman–Crippen MR) is 218 cm³/mol. The van der Waals surface area contributed by atoms with Gasteiger partial charge in [-0.3, -0.25) is 14.6 Å². The number of hydrogen-bond donors (Lipinski definition) is 1. The lowest BCUT2D eigenvalue weighted by Gasteiger charge is -2.33. The molecule has 4 aromatic rings. The van der Waals surface area contributed by atoms with E-state index in [4.69, 9.17) is 15.2 Å². The number of amides is 4. The number of ketones is 1. The van der Waals surface area contributed by atoms with Crippen molar-refractivity contribution < 1.29 is 42.2 Å². The Hall–Kier alpha value is -6.02. The quantitative estimate of drug-likeness (QED) is 0.120. The highest BCUT2D eigenvalue weighted by Gasteiger charge is 2.27. The standard InChI is InChI=1S/C22H26FN3O3.C22H25FN2O4/c1-29-19-9-7-18(8-10-19)26(22(28)25-11-3-2-4-12-25)15-17-6-5-16(13-20(17)23)21(27)14-24;1-28-19-10-8-18(9-11-19)25(22(27)24-12-4-3-5-13-24)15-17-7-6-16(14-20(17)23)21(26)29-2/h5-10,13H,2-4,11-12,14-15,24H2,1H3;6-11,14H,3-5,12-13,15H2,1-2H3. The Labute approximate surface area is 338 Å². The van der Waals surface area contributed by atoms with Crippen LogP contribution in [0.3, 0.4) is 0 Å². The first-order valence-corrected chi connectivity index (χ1v) is 19.4. The molecule has 6 rings (SSSR count). The summed E-state index contributed by atoms with van der Waals surface area (Å²) >= 11 is 0. The van der Waals surface area contributed by atoms with E-state index in [1.54, 1.807) is 88.4 Å². The molecule has 4 aromatic carbocycles. The lowest BCUT2D eigenvalue weighted by molar-refractivity contribution is 0.0600. The van der Waals surface area contributed by atoms with Gasteiger partial charge in [0.15, 0.2) is 5.78 Å². The van der Waals surface area contributed by atoms with E-state index < -0.39 is 17.6 Å². The minimum absolute atomic E-state index is 0.0505. The largest absolute Gasteiger partial charge is 0.497 e. The molecule has 0 aromatic heterocycles. The van der Waals surface area contributed by atoms with Crippen LogP contribution in [0.1, 0.15) is 70.4 Å². The van der Waals surface area contributed by atoms with Gasteiger partial charge < -0.3 is 29.7 Å². The minimum atomic E-state index is -0.605. The number of rotatable bonds is 11. The van der Waals surface area contributed by atoms with E-state index in [-0.39, 0.29) is 48.6 Å². The van der Waals surface area contributed by atoms with Gasteiger partial charge in [-0.15, -0.1) is 0 Å². The number of Topliss-reactive ketones (excluding diaryl/α,β-unsaturated/α-hetero) is 1. The lowest BCUT2D eigenvalue weighted by Crippen LogP contribution is -2.45. The third kappa shape index (κ3) is 11.1. The van der Waals surface area contributed by atoms with Crippen molar-refractivity contribution in [2.45, 2.75) is 51.6 Å². The van der Waals surface area contributed by atoms with Crippen molar-refractivity contribution in [2.24, 2.45) is 5.73 Å². The summed E-state index contributed by atoms with van der Waals surface area (Å²) in [5, 5.41) is 0. The van der Waals surface area contributed by atoms with Crippen LogP contribution in [0.15, 0.2) is 84.9 Å². The molecule has 2 fully saturated rings. The highest BCUT2D eigenvalue weighted by molar-refractivity contribution is 5.97. The molecule has 2 N–H and O–H groups in total. The molecule has 0 atom stereocenters. The average molecular weight is 800 g/mol. The number of methoxy groups -OCH3 is 3. The fourth-order valence-electron chi connectivity index (χ4n) is 6.80. The van der Waals surface area contributed by atoms with Gasteiger partial charge in [0.25, 0.3) is 0 Å². The fraction of sp³-hybridized carbons (Fsp3) is 0.364. The summed E-state index contributed by atoms with van der Waals surface area (Å²) in [6, 6.07) is 22.3. The topological polar surface area (TPSA) is 135 Å². The molecule has 2 heterocycles. The summed E-state index contributed by atoms with van der Waals surface area (Å²) < 4.78 is 44.4. The van der Waals surface area contributed by atoms with E-state index in [1.807, 2.05) is 0 Å². The fourth-order valence-corrected chi connectivity index (χ4v) is 6.80. The van der Waals surface area contributed by atoms with E-state index in [9.17, 15) is 28.0 Å². The van der Waals surface area contributed by atoms with Gasteiger partial charge in [-0.25, -0.2) is 23.2 Å². The van der Waals surface area contributed by atoms with Gasteiger partial charge in [0, 0.05) is 54.2 Å². The van der Waals surface area contributed by atoms with Gasteiger partial charge in [-0.2, -0.15) is 0 Å². The highest BCUT2D eigenvalue weighted by atomic mass is 19.1. The molecule has 0 unspecified atom stereocenters. The van der Waals surface area contributed by atoms with Gasteiger partial charge in [0.05, 0.1) is 46.5 Å². The Bertz CT molecular complexity index is 1870. The number of nitrogens with two attached hydrogens (primary N) is 1. The van der Waals surface area contributed by atoms with Gasteiger partial charge in [0.1, 0.15) is 23.1 Å². The number of halogens is 2. The summed E-state index contributed by atoms with van der Waals surface area (Å²) in [6.45, 7) is 2.70. The third-order valence-corrected chi connectivity index (χ3v) is 10.2. The number of ether oxygens (including phenoxy) is 3. The maximum absolute atomic E-state index is 14.7. The monoisotopic (exact) mass is 799 g/mol. The zero-order chi connectivity index (χ0) is 41.6. The van der Waals surface area contributed by atoms with E-state index in [0.29, 0.717) is 60.2 Å². The van der Waals surface area contributed by atoms with Crippen LogP contribution in [0, 0.1) is 11.6 Å². The number of likely N-dealkylation sites (tertiary alicyclic amines) is 2. The first-order valence-electron chi connectivity index (χ1n) is 19.4. The average Bonchev–Trinajstić information content (AvgIpc) is 3.28. The normalized spacial score (nSPS) is 13.8. The number of urea groups is 2. The van der Waals surface area contributed by atoms with Crippen LogP contribution >= 0.6 is 0 Å². The van der Waals surface area contributed by atoms with Crippen molar-refractivity contribution in [1.29, 1.82) is 0 Å². The summed E-state index contributed by atoms with van der Waals surface area (Å²) in [4.78, 5) is 56.5. The van der Waals surface area contributed by atoms with Crippen molar-refractivity contribution >= 4 is 35.2 Å². The Kier molecular flexibility index (Phi) is 15.6. The molecular formula is C44H51F2N5O7. The molecule has 2 aliphatic rings. The van der Waals surface area contributed by atoms with E-state index >= 15 is 0 Å². The van der Waals surface area contributed by atoms with Crippen LogP contribution in [0.5, 0.6) is 11.5 Å². The molecule has 0 saturated carbocycles. The molecule has 308 valence electrons. The van der Waals surface area contributed by atoms with Crippen LogP contribution in [0.25, 0.3) is 0 Å². The van der Waals surface area contributed by atoms with Gasteiger partial charge in [-0.05, 0) is 105 Å². The van der Waals surface area contributed by atoms with Crippen LogP contribution in [-0.4, -0.2) is 87.7 Å². The molecule has 0 bridgehead atoms. The number of esters is 1.